The fraction of sp³-hybridized carbons (Fsp3) is 0.462. The highest BCUT2D eigenvalue weighted by atomic mass is 32.1. The van der Waals surface area contributed by atoms with Gasteiger partial charge in [0.05, 0.1) is 16.4 Å². The standard InChI is InChI=1S/C13H16F3N3S/c1-18-6-7-19(11-5-3-2-4-10(11)18)8-9(12(17)20)13(14,15)16/h2-5,9H,6-8H2,1H3,(H2,17,20). The first-order valence-corrected chi connectivity index (χ1v) is 6.62. The van der Waals surface area contributed by atoms with Crippen LogP contribution in [-0.4, -0.2) is 37.8 Å². The Kier molecular flexibility index (Phi) is 4.08. The zero-order valence-electron chi connectivity index (χ0n) is 11.0. The Hall–Kier alpha value is -1.50. The van der Waals surface area contributed by atoms with Gasteiger partial charge in [-0.2, -0.15) is 13.2 Å². The molecule has 0 radical (unpaired) electrons. The summed E-state index contributed by atoms with van der Waals surface area (Å²) in [4.78, 5) is 3.22. The van der Waals surface area contributed by atoms with E-state index < -0.39 is 17.1 Å². The lowest BCUT2D eigenvalue weighted by Crippen LogP contribution is -2.47. The average molecular weight is 303 g/mol. The van der Waals surface area contributed by atoms with Crippen LogP contribution >= 0.6 is 12.2 Å². The summed E-state index contributed by atoms with van der Waals surface area (Å²) in [6.45, 7) is 0.950. The molecule has 0 fully saturated rings. The molecular formula is C13H16F3N3S. The summed E-state index contributed by atoms with van der Waals surface area (Å²) in [5.41, 5.74) is 6.96. The zero-order chi connectivity index (χ0) is 14.9. The number of hydrogen-bond donors (Lipinski definition) is 1. The third kappa shape index (κ3) is 2.98. The number of thiocarbonyl (C=S) groups is 1. The third-order valence-corrected chi connectivity index (χ3v) is 3.77. The molecule has 7 heteroatoms. The minimum atomic E-state index is -4.41. The molecule has 0 aromatic heterocycles. The van der Waals surface area contributed by atoms with Crippen molar-refractivity contribution in [3.05, 3.63) is 24.3 Å². The number of para-hydroxylation sites is 2. The minimum absolute atomic E-state index is 0.232. The van der Waals surface area contributed by atoms with Crippen molar-refractivity contribution in [3.8, 4) is 0 Å². The molecule has 1 aliphatic heterocycles. The second-order valence-electron chi connectivity index (χ2n) is 4.85. The van der Waals surface area contributed by atoms with Crippen molar-refractivity contribution >= 4 is 28.6 Å². The molecule has 3 nitrogen and oxygen atoms in total. The summed E-state index contributed by atoms with van der Waals surface area (Å²) >= 11 is 4.58. The van der Waals surface area contributed by atoms with Gasteiger partial charge < -0.3 is 15.5 Å². The van der Waals surface area contributed by atoms with E-state index in [4.69, 9.17) is 5.73 Å². The topological polar surface area (TPSA) is 32.5 Å². The van der Waals surface area contributed by atoms with Gasteiger partial charge in [0.1, 0.15) is 5.92 Å². The highest BCUT2D eigenvalue weighted by Gasteiger charge is 2.43. The Balaban J connectivity index is 2.26. The normalized spacial score (nSPS) is 16.8. The van der Waals surface area contributed by atoms with Gasteiger partial charge in [0.2, 0.25) is 0 Å². The zero-order valence-corrected chi connectivity index (χ0v) is 11.8. The number of halogens is 3. The van der Waals surface area contributed by atoms with Crippen LogP contribution < -0.4 is 15.5 Å². The molecule has 1 aromatic carbocycles. The highest BCUT2D eigenvalue weighted by molar-refractivity contribution is 7.80. The Morgan fingerprint density at radius 3 is 2.45 bits per heavy atom. The largest absolute Gasteiger partial charge is 0.399 e. The van der Waals surface area contributed by atoms with E-state index in [0.29, 0.717) is 13.1 Å². The molecular weight excluding hydrogens is 287 g/mol. The van der Waals surface area contributed by atoms with Gasteiger partial charge in [-0.1, -0.05) is 24.4 Å². The van der Waals surface area contributed by atoms with Crippen molar-refractivity contribution in [3.63, 3.8) is 0 Å². The van der Waals surface area contributed by atoms with Crippen LogP contribution in [0, 0.1) is 5.92 Å². The molecule has 1 heterocycles. The molecule has 0 aliphatic carbocycles. The minimum Gasteiger partial charge on any atom is -0.393 e. The molecule has 0 amide bonds. The molecule has 2 N–H and O–H groups in total. The van der Waals surface area contributed by atoms with Crippen molar-refractivity contribution in [1.82, 2.24) is 0 Å². The fourth-order valence-electron chi connectivity index (χ4n) is 2.33. The van der Waals surface area contributed by atoms with Crippen molar-refractivity contribution in [1.29, 1.82) is 0 Å². The van der Waals surface area contributed by atoms with Gasteiger partial charge in [-0.15, -0.1) is 0 Å². The second kappa shape index (κ2) is 5.47. The van der Waals surface area contributed by atoms with Crippen molar-refractivity contribution in [2.24, 2.45) is 11.7 Å². The van der Waals surface area contributed by atoms with Gasteiger partial charge in [0.25, 0.3) is 0 Å². The number of fused-ring (bicyclic) bond motifs is 1. The van der Waals surface area contributed by atoms with Gasteiger partial charge in [0, 0.05) is 26.7 Å². The first-order valence-electron chi connectivity index (χ1n) is 6.22. The number of rotatable bonds is 3. The van der Waals surface area contributed by atoms with Crippen molar-refractivity contribution in [2.45, 2.75) is 6.18 Å². The Labute approximate surface area is 121 Å². The van der Waals surface area contributed by atoms with Crippen LogP contribution in [0.15, 0.2) is 24.3 Å². The first-order chi connectivity index (χ1) is 9.30. The summed E-state index contributed by atoms with van der Waals surface area (Å²) in [5.74, 6) is -1.78. The lowest BCUT2D eigenvalue weighted by Gasteiger charge is -2.38. The Morgan fingerprint density at radius 1 is 1.30 bits per heavy atom. The molecule has 1 unspecified atom stereocenters. The molecule has 20 heavy (non-hydrogen) atoms. The summed E-state index contributed by atoms with van der Waals surface area (Å²) in [7, 11) is 1.92. The van der Waals surface area contributed by atoms with E-state index in [9.17, 15) is 13.2 Å². The molecule has 1 aromatic rings. The maximum Gasteiger partial charge on any atom is 0.399 e. The summed E-state index contributed by atoms with van der Waals surface area (Å²) < 4.78 is 38.9. The smallest absolute Gasteiger partial charge is 0.393 e. The number of nitrogens with two attached hydrogens (primary N) is 1. The van der Waals surface area contributed by atoms with Gasteiger partial charge in [-0.3, -0.25) is 0 Å². The van der Waals surface area contributed by atoms with E-state index in [0.717, 1.165) is 11.4 Å². The van der Waals surface area contributed by atoms with E-state index in [2.05, 4.69) is 12.2 Å². The number of alkyl halides is 3. The van der Waals surface area contributed by atoms with E-state index >= 15 is 0 Å². The molecule has 2 rings (SSSR count). The maximum atomic E-state index is 13.0. The van der Waals surface area contributed by atoms with Gasteiger partial charge in [0.15, 0.2) is 0 Å². The van der Waals surface area contributed by atoms with Crippen molar-refractivity contribution < 1.29 is 13.2 Å². The number of anilines is 2. The van der Waals surface area contributed by atoms with Crippen LogP contribution in [0.1, 0.15) is 0 Å². The Morgan fingerprint density at radius 2 is 1.90 bits per heavy atom. The summed E-state index contributed by atoms with van der Waals surface area (Å²) in [6.07, 6.45) is -4.41. The van der Waals surface area contributed by atoms with E-state index in [-0.39, 0.29) is 6.54 Å². The second-order valence-corrected chi connectivity index (χ2v) is 5.32. The van der Waals surface area contributed by atoms with Crippen LogP contribution in [-0.2, 0) is 0 Å². The van der Waals surface area contributed by atoms with Gasteiger partial charge in [-0.05, 0) is 12.1 Å². The van der Waals surface area contributed by atoms with Gasteiger partial charge >= 0.3 is 6.18 Å². The number of hydrogen-bond acceptors (Lipinski definition) is 3. The molecule has 0 spiro atoms. The van der Waals surface area contributed by atoms with Crippen molar-refractivity contribution in [2.75, 3.05) is 36.5 Å². The van der Waals surface area contributed by atoms with Crippen LogP contribution in [0.5, 0.6) is 0 Å². The lowest BCUT2D eigenvalue weighted by atomic mass is 10.1. The third-order valence-electron chi connectivity index (χ3n) is 3.48. The summed E-state index contributed by atoms with van der Waals surface area (Å²) in [6, 6.07) is 7.39. The molecule has 110 valence electrons. The van der Waals surface area contributed by atoms with Crippen LogP contribution in [0.4, 0.5) is 24.5 Å². The van der Waals surface area contributed by atoms with E-state index in [1.807, 2.05) is 36.2 Å². The van der Waals surface area contributed by atoms with Crippen LogP contribution in [0.2, 0.25) is 0 Å². The summed E-state index contributed by atoms with van der Waals surface area (Å²) in [5, 5.41) is 0. The van der Waals surface area contributed by atoms with Crippen LogP contribution in [0.3, 0.4) is 0 Å². The van der Waals surface area contributed by atoms with E-state index in [1.165, 1.54) is 0 Å². The lowest BCUT2D eigenvalue weighted by molar-refractivity contribution is -0.152. The monoisotopic (exact) mass is 303 g/mol. The quantitative estimate of drug-likeness (QED) is 0.869. The predicted octanol–water partition coefficient (Wildman–Crippen LogP) is 2.41. The van der Waals surface area contributed by atoms with Crippen LogP contribution in [0.25, 0.3) is 0 Å². The predicted molar refractivity (Wildman–Crippen MR) is 78.3 cm³/mol. The highest BCUT2D eigenvalue weighted by Crippen LogP contribution is 2.35. The molecule has 1 atom stereocenters. The molecule has 0 saturated carbocycles. The number of likely N-dealkylation sites (N-methyl/N-ethyl adjacent to an activating group) is 1. The molecule has 0 bridgehead atoms. The van der Waals surface area contributed by atoms with E-state index in [1.54, 1.807) is 4.90 Å². The maximum absolute atomic E-state index is 13.0. The Bertz CT molecular complexity index is 504. The fourth-order valence-corrected chi connectivity index (χ4v) is 2.54. The molecule has 0 saturated heterocycles. The first kappa shape index (κ1) is 14.9. The SMILES string of the molecule is CN1CCN(CC(C(N)=S)C(F)(F)F)c2ccccc21. The number of nitrogens with zero attached hydrogens (tertiary/aromatic N) is 2. The number of benzene rings is 1. The molecule has 1 aliphatic rings. The van der Waals surface area contributed by atoms with Gasteiger partial charge in [-0.25, -0.2) is 0 Å². The average Bonchev–Trinajstić information content (AvgIpc) is 2.36.